The van der Waals surface area contributed by atoms with Crippen LogP contribution in [-0.2, 0) is 6.61 Å². The Balaban J connectivity index is 1.38. The van der Waals surface area contributed by atoms with E-state index in [0.29, 0.717) is 11.3 Å². The van der Waals surface area contributed by atoms with Gasteiger partial charge in [0.1, 0.15) is 12.4 Å². The third kappa shape index (κ3) is 4.03. The molecule has 0 saturated heterocycles. The Kier molecular flexibility index (Phi) is 5.05. The normalized spacial score (nSPS) is 11.0. The highest BCUT2D eigenvalue weighted by Gasteiger charge is 2.17. The van der Waals surface area contributed by atoms with E-state index in [-0.39, 0.29) is 12.5 Å². The molecule has 7 heteroatoms. The molecule has 2 heterocycles. The standard InChI is InChI=1S/C21H15F2N3O2/c22-19(23)21-26-25-20(28-21)16-6-9-17(24-12-16)13-27-18-10-7-15(8-11-18)14-4-2-1-3-5-14/h1-12,19H,13H2. The number of hydrogen-bond acceptors (Lipinski definition) is 5. The first-order valence-electron chi connectivity index (χ1n) is 8.54. The van der Waals surface area contributed by atoms with Crippen molar-refractivity contribution in [2.45, 2.75) is 13.0 Å². The molecule has 2 aromatic carbocycles. The number of pyridine rings is 1. The van der Waals surface area contributed by atoms with E-state index in [1.807, 2.05) is 42.5 Å². The van der Waals surface area contributed by atoms with Crippen molar-refractivity contribution in [1.82, 2.24) is 15.2 Å². The molecular weight excluding hydrogens is 364 g/mol. The first-order chi connectivity index (χ1) is 13.7. The van der Waals surface area contributed by atoms with Crippen LogP contribution in [0.2, 0.25) is 0 Å². The van der Waals surface area contributed by atoms with E-state index in [2.05, 4.69) is 27.3 Å². The van der Waals surface area contributed by atoms with Crippen LogP contribution < -0.4 is 4.74 Å². The Morgan fingerprint density at radius 2 is 1.54 bits per heavy atom. The van der Waals surface area contributed by atoms with E-state index < -0.39 is 12.3 Å². The van der Waals surface area contributed by atoms with Gasteiger partial charge in [-0.1, -0.05) is 42.5 Å². The lowest BCUT2D eigenvalue weighted by Gasteiger charge is -2.07. The Morgan fingerprint density at radius 3 is 2.18 bits per heavy atom. The van der Waals surface area contributed by atoms with E-state index in [4.69, 9.17) is 9.15 Å². The predicted octanol–water partition coefficient (Wildman–Crippen LogP) is 5.32. The highest BCUT2D eigenvalue weighted by molar-refractivity contribution is 5.63. The molecule has 140 valence electrons. The maximum atomic E-state index is 12.5. The van der Waals surface area contributed by atoms with Crippen LogP contribution >= 0.6 is 0 Å². The van der Waals surface area contributed by atoms with Crippen molar-refractivity contribution < 1.29 is 17.9 Å². The molecule has 28 heavy (non-hydrogen) atoms. The summed E-state index contributed by atoms with van der Waals surface area (Å²) in [4.78, 5) is 4.25. The van der Waals surface area contributed by atoms with Crippen LogP contribution in [0.15, 0.2) is 77.3 Å². The smallest absolute Gasteiger partial charge is 0.314 e. The van der Waals surface area contributed by atoms with E-state index >= 15 is 0 Å². The van der Waals surface area contributed by atoms with E-state index in [1.165, 1.54) is 6.20 Å². The maximum absolute atomic E-state index is 12.5. The number of ether oxygens (including phenoxy) is 1. The number of aromatic nitrogens is 3. The molecule has 0 saturated carbocycles. The van der Waals surface area contributed by atoms with E-state index in [1.54, 1.807) is 12.1 Å². The number of benzene rings is 2. The summed E-state index contributed by atoms with van der Waals surface area (Å²) >= 11 is 0. The molecule has 2 aromatic heterocycles. The highest BCUT2D eigenvalue weighted by atomic mass is 19.3. The number of alkyl halides is 2. The van der Waals surface area contributed by atoms with Gasteiger partial charge in [0.05, 0.1) is 11.3 Å². The third-order valence-corrected chi connectivity index (χ3v) is 4.05. The summed E-state index contributed by atoms with van der Waals surface area (Å²) in [5, 5.41) is 6.90. The number of halogens is 2. The molecule has 5 nitrogen and oxygen atoms in total. The van der Waals surface area contributed by atoms with Gasteiger partial charge in [-0.05, 0) is 35.4 Å². The molecular formula is C21H15F2N3O2. The molecule has 0 aliphatic rings. The molecule has 0 radical (unpaired) electrons. The summed E-state index contributed by atoms with van der Waals surface area (Å²) in [6, 6.07) is 21.3. The van der Waals surface area contributed by atoms with Gasteiger partial charge in [0.2, 0.25) is 5.89 Å². The maximum Gasteiger partial charge on any atom is 0.314 e. The zero-order valence-electron chi connectivity index (χ0n) is 14.6. The first kappa shape index (κ1) is 17.8. The minimum absolute atomic E-state index is 0.00627. The van der Waals surface area contributed by atoms with Gasteiger partial charge < -0.3 is 9.15 Å². The number of rotatable bonds is 6. The fraction of sp³-hybridized carbons (Fsp3) is 0.0952. The Hall–Kier alpha value is -3.61. The lowest BCUT2D eigenvalue weighted by Crippen LogP contribution is -1.98. The molecule has 0 bridgehead atoms. The van der Waals surface area contributed by atoms with Crippen LogP contribution in [0.25, 0.3) is 22.6 Å². The number of hydrogen-bond donors (Lipinski definition) is 0. The predicted molar refractivity (Wildman–Crippen MR) is 98.7 cm³/mol. The Labute approximate surface area is 159 Å². The molecule has 0 N–H and O–H groups in total. The zero-order valence-corrected chi connectivity index (χ0v) is 14.6. The molecule has 0 aliphatic carbocycles. The fourth-order valence-corrected chi connectivity index (χ4v) is 2.61. The topological polar surface area (TPSA) is 61.0 Å². The average molecular weight is 379 g/mol. The SMILES string of the molecule is FC(F)c1nnc(-c2ccc(COc3ccc(-c4ccccc4)cc3)nc2)o1. The average Bonchev–Trinajstić information content (AvgIpc) is 3.24. The monoisotopic (exact) mass is 379 g/mol. The summed E-state index contributed by atoms with van der Waals surface area (Å²) < 4.78 is 35.7. The summed E-state index contributed by atoms with van der Waals surface area (Å²) in [5.41, 5.74) is 3.40. The van der Waals surface area contributed by atoms with Crippen LogP contribution in [0, 0.1) is 0 Å². The Morgan fingerprint density at radius 1 is 0.821 bits per heavy atom. The highest BCUT2D eigenvalue weighted by Crippen LogP contribution is 2.24. The minimum atomic E-state index is -2.80. The molecule has 0 spiro atoms. The van der Waals surface area contributed by atoms with Crippen LogP contribution in [0.1, 0.15) is 18.0 Å². The number of nitrogens with zero attached hydrogens (tertiary/aromatic N) is 3. The molecule has 0 amide bonds. The van der Waals surface area contributed by atoms with Gasteiger partial charge in [-0.15, -0.1) is 10.2 Å². The minimum Gasteiger partial charge on any atom is -0.487 e. The Bertz CT molecular complexity index is 1030. The van der Waals surface area contributed by atoms with Crippen molar-refractivity contribution in [3.63, 3.8) is 0 Å². The molecule has 4 aromatic rings. The van der Waals surface area contributed by atoms with Gasteiger partial charge in [-0.3, -0.25) is 4.98 Å². The second kappa shape index (κ2) is 7.96. The molecule has 0 fully saturated rings. The lowest BCUT2D eigenvalue weighted by molar-refractivity contribution is 0.116. The zero-order chi connectivity index (χ0) is 19.3. The van der Waals surface area contributed by atoms with Gasteiger partial charge >= 0.3 is 6.43 Å². The largest absolute Gasteiger partial charge is 0.487 e. The second-order valence-corrected chi connectivity index (χ2v) is 5.96. The third-order valence-electron chi connectivity index (χ3n) is 4.05. The van der Waals surface area contributed by atoms with Crippen molar-refractivity contribution in [3.8, 4) is 28.3 Å². The van der Waals surface area contributed by atoms with Crippen molar-refractivity contribution >= 4 is 0 Å². The fourth-order valence-electron chi connectivity index (χ4n) is 2.61. The van der Waals surface area contributed by atoms with Gasteiger partial charge in [-0.2, -0.15) is 8.78 Å². The quantitative estimate of drug-likeness (QED) is 0.454. The van der Waals surface area contributed by atoms with Crippen molar-refractivity contribution in [2.75, 3.05) is 0 Å². The first-order valence-corrected chi connectivity index (χ1v) is 8.54. The van der Waals surface area contributed by atoms with Crippen LogP contribution in [0.3, 0.4) is 0 Å². The van der Waals surface area contributed by atoms with Crippen LogP contribution in [-0.4, -0.2) is 15.2 Å². The molecule has 4 rings (SSSR count). The molecule has 0 unspecified atom stereocenters. The van der Waals surface area contributed by atoms with Gasteiger partial charge in [-0.25, -0.2) is 0 Å². The van der Waals surface area contributed by atoms with E-state index in [0.717, 1.165) is 16.9 Å². The lowest BCUT2D eigenvalue weighted by atomic mass is 10.1. The molecule has 0 aliphatic heterocycles. The summed E-state index contributed by atoms with van der Waals surface area (Å²) in [6.45, 7) is 0.275. The van der Waals surface area contributed by atoms with Gasteiger partial charge in [0.15, 0.2) is 0 Å². The van der Waals surface area contributed by atoms with Gasteiger partial charge in [0, 0.05) is 6.20 Å². The van der Waals surface area contributed by atoms with Crippen LogP contribution in [0.4, 0.5) is 8.78 Å². The van der Waals surface area contributed by atoms with Crippen molar-refractivity contribution in [2.24, 2.45) is 0 Å². The van der Waals surface area contributed by atoms with E-state index in [9.17, 15) is 8.78 Å². The van der Waals surface area contributed by atoms with Crippen molar-refractivity contribution in [3.05, 3.63) is 84.5 Å². The summed E-state index contributed by atoms with van der Waals surface area (Å²) in [5.74, 6) is 0.0252. The van der Waals surface area contributed by atoms with Crippen LogP contribution in [0.5, 0.6) is 5.75 Å². The molecule has 0 atom stereocenters. The second-order valence-electron chi connectivity index (χ2n) is 5.96. The summed E-state index contributed by atoms with van der Waals surface area (Å²) in [7, 11) is 0. The van der Waals surface area contributed by atoms with Gasteiger partial charge in [0.25, 0.3) is 5.89 Å². The summed E-state index contributed by atoms with van der Waals surface area (Å²) in [6.07, 6.45) is -1.31. The van der Waals surface area contributed by atoms with Crippen molar-refractivity contribution in [1.29, 1.82) is 0 Å².